The van der Waals surface area contributed by atoms with Crippen LogP contribution in [-0.2, 0) is 4.12 Å². The highest BCUT2D eigenvalue weighted by Crippen LogP contribution is 2.18. The lowest BCUT2D eigenvalue weighted by atomic mass is 11.9. The second-order valence-corrected chi connectivity index (χ2v) is 6.35. The zero-order valence-corrected chi connectivity index (χ0v) is 6.92. The third-order valence-electron chi connectivity index (χ3n) is 0.358. The van der Waals surface area contributed by atoms with Gasteiger partial charge in [-0.25, -0.2) is 12.3 Å². The topological polar surface area (TPSA) is 9.23 Å². The van der Waals surface area contributed by atoms with Crippen LogP contribution in [0.4, 0.5) is 16.4 Å². The van der Waals surface area contributed by atoms with Crippen LogP contribution in [0.2, 0.25) is 13.1 Å². The molecule has 0 aromatic heterocycles. The molecule has 0 spiro atoms. The van der Waals surface area contributed by atoms with Crippen molar-refractivity contribution in [3.05, 3.63) is 0 Å². The highest BCUT2D eigenvalue weighted by Gasteiger charge is 2.48. The molecule has 0 fully saturated rings. The van der Waals surface area contributed by atoms with Gasteiger partial charge in [0, 0.05) is 0 Å². The van der Waals surface area contributed by atoms with Gasteiger partial charge < -0.3 is 4.12 Å². The average Bonchev–Trinajstić information content (AvgIpc) is 1.14. The normalized spacial score (nSPS) is 14.0. The van der Waals surface area contributed by atoms with Crippen LogP contribution >= 0.6 is 0 Å². The first-order valence-corrected chi connectivity index (χ1v) is 6.49. The van der Waals surface area contributed by atoms with E-state index in [1.807, 2.05) is 0 Å². The van der Waals surface area contributed by atoms with Gasteiger partial charge in [0.1, 0.15) is 0 Å². The third kappa shape index (κ3) is 8.11. The van der Waals surface area contributed by atoms with Gasteiger partial charge in [-0.15, -0.1) is 0 Å². The van der Waals surface area contributed by atoms with Gasteiger partial charge in [0.15, 0.2) is 0 Å². The molecule has 56 valence electrons. The summed E-state index contributed by atoms with van der Waals surface area (Å²) in [7, 11) is -9.96. The molecule has 0 heterocycles. The fourth-order valence-corrected chi connectivity index (χ4v) is 2.48. The molecule has 0 atom stereocenters. The average molecular weight is 178 g/mol. The van der Waals surface area contributed by atoms with Crippen molar-refractivity contribution in [1.29, 1.82) is 0 Å². The van der Waals surface area contributed by atoms with Gasteiger partial charge in [0.25, 0.3) is 0 Å². The standard InChI is InChI=1S/C2H6F4OSi2/c1-8(2,3)7-9(4,5)6/h1-2H3. The number of halogens is 4. The molecule has 0 rings (SSSR count). The zero-order valence-electron chi connectivity index (χ0n) is 4.92. The minimum atomic E-state index is -6.11. The van der Waals surface area contributed by atoms with Crippen LogP contribution in [0.5, 0.6) is 0 Å². The molecule has 0 bridgehead atoms. The monoisotopic (exact) mass is 178 g/mol. The van der Waals surface area contributed by atoms with Gasteiger partial charge in [-0.05, 0) is 13.1 Å². The van der Waals surface area contributed by atoms with Crippen molar-refractivity contribution < 1.29 is 20.5 Å². The Morgan fingerprint density at radius 2 is 1.33 bits per heavy atom. The molecule has 0 N–H and O–H groups in total. The van der Waals surface area contributed by atoms with Gasteiger partial charge in [0.2, 0.25) is 0 Å². The van der Waals surface area contributed by atoms with E-state index in [0.717, 1.165) is 13.1 Å². The van der Waals surface area contributed by atoms with E-state index in [1.54, 1.807) is 0 Å². The molecule has 0 saturated heterocycles. The summed E-state index contributed by atoms with van der Waals surface area (Å²) < 4.78 is 49.1. The Labute approximate surface area is 52.6 Å². The maximum absolute atomic E-state index is 12.1. The van der Waals surface area contributed by atoms with Crippen LogP contribution in [0, 0.1) is 0 Å². The van der Waals surface area contributed by atoms with Gasteiger partial charge >= 0.3 is 18.0 Å². The first-order valence-electron chi connectivity index (χ1n) is 2.16. The molecule has 0 amide bonds. The highest BCUT2D eigenvalue weighted by molar-refractivity contribution is 6.73. The maximum atomic E-state index is 12.1. The van der Waals surface area contributed by atoms with Gasteiger partial charge in [-0.1, -0.05) is 0 Å². The van der Waals surface area contributed by atoms with E-state index in [4.69, 9.17) is 0 Å². The lowest BCUT2D eigenvalue weighted by Crippen LogP contribution is -2.36. The number of rotatable bonds is 2. The smallest absolute Gasteiger partial charge is 0.358 e. The molecule has 0 saturated carbocycles. The van der Waals surface area contributed by atoms with E-state index in [-0.39, 0.29) is 0 Å². The molecular weight excluding hydrogens is 172 g/mol. The quantitative estimate of drug-likeness (QED) is 0.357. The van der Waals surface area contributed by atoms with E-state index in [1.165, 1.54) is 0 Å². The van der Waals surface area contributed by atoms with E-state index in [2.05, 4.69) is 4.12 Å². The van der Waals surface area contributed by atoms with Crippen LogP contribution in [0.3, 0.4) is 0 Å². The lowest BCUT2D eigenvalue weighted by molar-refractivity contribution is 0.274. The summed E-state index contributed by atoms with van der Waals surface area (Å²) in [6.07, 6.45) is 0. The van der Waals surface area contributed by atoms with Crippen LogP contribution in [0.1, 0.15) is 0 Å². The van der Waals surface area contributed by atoms with Crippen molar-refractivity contribution in [2.75, 3.05) is 0 Å². The largest absolute Gasteiger partial charge is 0.793 e. The Bertz CT molecular complexity index is 81.7. The van der Waals surface area contributed by atoms with Gasteiger partial charge in [-0.2, -0.15) is 0 Å². The summed E-state index contributed by atoms with van der Waals surface area (Å²) in [4.78, 5) is 0. The second kappa shape index (κ2) is 2.39. The van der Waals surface area contributed by atoms with Crippen molar-refractivity contribution in [1.82, 2.24) is 0 Å². The Hall–Kier alpha value is 0.114. The first kappa shape index (κ1) is 9.11. The molecule has 0 aliphatic rings. The molecule has 7 heteroatoms. The molecule has 9 heavy (non-hydrogen) atoms. The zero-order chi connectivity index (χ0) is 7.71. The molecule has 0 radical (unpaired) electrons. The SMILES string of the molecule is C[Si](C)(F)O[Si](F)(F)F. The first-order chi connectivity index (χ1) is 3.71. The predicted octanol–water partition coefficient (Wildman–Crippen LogP) is 2.02. The van der Waals surface area contributed by atoms with Gasteiger partial charge in [-0.3, -0.25) is 4.11 Å². The van der Waals surface area contributed by atoms with Crippen LogP contribution in [0.15, 0.2) is 0 Å². The Kier molecular flexibility index (Phi) is 2.42. The summed E-state index contributed by atoms with van der Waals surface area (Å²) >= 11 is 0. The summed E-state index contributed by atoms with van der Waals surface area (Å²) in [5, 5.41) is 0. The van der Waals surface area contributed by atoms with E-state index in [9.17, 15) is 16.4 Å². The molecule has 1 nitrogen and oxygen atoms in total. The van der Waals surface area contributed by atoms with Crippen LogP contribution < -0.4 is 0 Å². The molecule has 0 aliphatic carbocycles. The van der Waals surface area contributed by atoms with Crippen molar-refractivity contribution in [3.63, 3.8) is 0 Å². The highest BCUT2D eigenvalue weighted by atomic mass is 28.5. The van der Waals surface area contributed by atoms with E-state index >= 15 is 0 Å². The summed E-state index contributed by atoms with van der Waals surface area (Å²) in [6.45, 7) is 1.71. The van der Waals surface area contributed by atoms with Gasteiger partial charge in [0.05, 0.1) is 0 Å². The fraction of sp³-hybridized carbons (Fsp3) is 1.00. The van der Waals surface area contributed by atoms with Crippen molar-refractivity contribution >= 4 is 18.0 Å². The number of hydrogen-bond acceptors (Lipinski definition) is 1. The third-order valence-corrected chi connectivity index (χ3v) is 3.23. The number of hydrogen-bond donors (Lipinski definition) is 0. The minimum Gasteiger partial charge on any atom is -0.358 e. The maximum Gasteiger partial charge on any atom is 0.793 e. The Balaban J connectivity index is 3.75. The summed E-state index contributed by atoms with van der Waals surface area (Å²) in [5.74, 6) is 0. The van der Waals surface area contributed by atoms with E-state index < -0.39 is 18.0 Å². The fourth-order valence-electron chi connectivity index (χ4n) is 0.275. The Morgan fingerprint density at radius 3 is 1.33 bits per heavy atom. The summed E-state index contributed by atoms with van der Waals surface area (Å²) in [6, 6.07) is 0. The summed E-state index contributed by atoms with van der Waals surface area (Å²) in [5.41, 5.74) is 0. The van der Waals surface area contributed by atoms with Crippen LogP contribution in [-0.4, -0.2) is 18.0 Å². The van der Waals surface area contributed by atoms with Crippen molar-refractivity contribution in [2.24, 2.45) is 0 Å². The molecule has 0 aromatic rings. The molecule has 0 aromatic carbocycles. The van der Waals surface area contributed by atoms with Crippen molar-refractivity contribution in [2.45, 2.75) is 13.1 Å². The predicted molar refractivity (Wildman–Crippen MR) is 28.8 cm³/mol. The van der Waals surface area contributed by atoms with E-state index in [0.29, 0.717) is 0 Å². The van der Waals surface area contributed by atoms with Crippen molar-refractivity contribution in [3.8, 4) is 0 Å². The Morgan fingerprint density at radius 1 is 1.00 bits per heavy atom. The van der Waals surface area contributed by atoms with Crippen LogP contribution in [0.25, 0.3) is 0 Å². The molecule has 0 unspecified atom stereocenters. The molecular formula is C2H6F4OSi2. The lowest BCUT2D eigenvalue weighted by Gasteiger charge is -2.11. The second-order valence-electron chi connectivity index (χ2n) is 1.91. The molecule has 0 aliphatic heterocycles. The minimum absolute atomic E-state index is 0.855.